The fourth-order valence-corrected chi connectivity index (χ4v) is 4.49. The van der Waals surface area contributed by atoms with Crippen LogP contribution in [0.2, 0.25) is 0 Å². The molecule has 0 radical (unpaired) electrons. The summed E-state index contributed by atoms with van der Waals surface area (Å²) in [5.74, 6) is 0.528. The number of sulfone groups is 1. The predicted octanol–water partition coefficient (Wildman–Crippen LogP) is 0.649. The molecule has 0 bridgehead atoms. The van der Waals surface area contributed by atoms with Crippen LogP contribution in [0.15, 0.2) is 6.07 Å². The van der Waals surface area contributed by atoms with Crippen LogP contribution in [-0.2, 0) is 29.9 Å². The van der Waals surface area contributed by atoms with Gasteiger partial charge in [-0.2, -0.15) is 5.10 Å². The van der Waals surface area contributed by atoms with Crippen molar-refractivity contribution in [3.05, 3.63) is 17.5 Å². The smallest absolute Gasteiger partial charge is 0.152 e. The summed E-state index contributed by atoms with van der Waals surface area (Å²) in [6.45, 7) is 4.72. The zero-order chi connectivity index (χ0) is 13.4. The fourth-order valence-electron chi connectivity index (χ4n) is 2.36. The zero-order valence-electron chi connectivity index (χ0n) is 11.2. The normalized spacial score (nSPS) is 26.6. The standard InChI is InChI=1S/C12H21N3O2S/c1-4-10-7-11(15(3)14-10)8-13-12(2)5-6-18(16,17)9-12/h7,13H,4-6,8-9H2,1-3H3. The fraction of sp³-hybridized carbons (Fsp3) is 0.750. The highest BCUT2D eigenvalue weighted by molar-refractivity contribution is 7.91. The van der Waals surface area contributed by atoms with E-state index in [2.05, 4.69) is 23.4 Å². The molecule has 1 N–H and O–H groups in total. The Morgan fingerprint density at radius 1 is 1.56 bits per heavy atom. The van der Waals surface area contributed by atoms with Gasteiger partial charge in [0.1, 0.15) is 0 Å². The second-order valence-corrected chi connectivity index (χ2v) is 7.54. The summed E-state index contributed by atoms with van der Waals surface area (Å²) in [6, 6.07) is 2.07. The van der Waals surface area contributed by atoms with E-state index in [9.17, 15) is 8.42 Å². The van der Waals surface area contributed by atoms with Gasteiger partial charge in [0, 0.05) is 19.1 Å². The molecule has 1 atom stereocenters. The predicted molar refractivity (Wildman–Crippen MR) is 71.1 cm³/mol. The van der Waals surface area contributed by atoms with Crippen molar-refractivity contribution in [3.63, 3.8) is 0 Å². The van der Waals surface area contributed by atoms with Crippen LogP contribution in [0.5, 0.6) is 0 Å². The van der Waals surface area contributed by atoms with Crippen molar-refractivity contribution < 1.29 is 8.42 Å². The molecule has 2 heterocycles. The van der Waals surface area contributed by atoms with Crippen molar-refractivity contribution in [2.45, 2.75) is 38.8 Å². The molecular weight excluding hydrogens is 250 g/mol. The van der Waals surface area contributed by atoms with Crippen LogP contribution in [-0.4, -0.2) is 35.2 Å². The minimum absolute atomic E-state index is 0.235. The Kier molecular flexibility index (Phi) is 3.51. The highest BCUT2D eigenvalue weighted by Crippen LogP contribution is 2.23. The molecule has 1 saturated heterocycles. The molecule has 1 unspecified atom stereocenters. The van der Waals surface area contributed by atoms with Crippen molar-refractivity contribution >= 4 is 9.84 Å². The summed E-state index contributed by atoms with van der Waals surface area (Å²) in [5, 5.41) is 7.75. The molecule has 0 aliphatic carbocycles. The van der Waals surface area contributed by atoms with Crippen LogP contribution in [0.1, 0.15) is 31.7 Å². The first-order chi connectivity index (χ1) is 8.34. The van der Waals surface area contributed by atoms with E-state index < -0.39 is 9.84 Å². The molecule has 5 nitrogen and oxygen atoms in total. The molecule has 0 spiro atoms. The molecule has 0 amide bonds. The van der Waals surface area contributed by atoms with Gasteiger partial charge in [0.25, 0.3) is 0 Å². The maximum absolute atomic E-state index is 11.5. The number of nitrogens with one attached hydrogen (secondary N) is 1. The number of nitrogens with zero attached hydrogens (tertiary/aromatic N) is 2. The average molecular weight is 271 g/mol. The Morgan fingerprint density at radius 3 is 2.78 bits per heavy atom. The largest absolute Gasteiger partial charge is 0.305 e. The van der Waals surface area contributed by atoms with Crippen molar-refractivity contribution in [3.8, 4) is 0 Å². The summed E-state index contributed by atoms with van der Waals surface area (Å²) < 4.78 is 24.9. The van der Waals surface area contributed by atoms with E-state index in [1.807, 2.05) is 18.7 Å². The van der Waals surface area contributed by atoms with Crippen LogP contribution in [0.3, 0.4) is 0 Å². The number of aryl methyl sites for hydroxylation is 2. The Balaban J connectivity index is 2.01. The molecule has 102 valence electrons. The molecule has 2 rings (SSSR count). The lowest BCUT2D eigenvalue weighted by Gasteiger charge is -2.23. The Labute approximate surface area is 108 Å². The minimum atomic E-state index is -2.85. The lowest BCUT2D eigenvalue weighted by atomic mass is 10.0. The van der Waals surface area contributed by atoms with Gasteiger partial charge in [-0.1, -0.05) is 6.92 Å². The van der Waals surface area contributed by atoms with Crippen molar-refractivity contribution in [2.24, 2.45) is 7.05 Å². The quantitative estimate of drug-likeness (QED) is 0.873. The van der Waals surface area contributed by atoms with Crippen LogP contribution in [0.25, 0.3) is 0 Å². The lowest BCUT2D eigenvalue weighted by molar-refractivity contribution is 0.389. The van der Waals surface area contributed by atoms with Gasteiger partial charge in [-0.25, -0.2) is 8.42 Å². The third-order valence-corrected chi connectivity index (χ3v) is 5.49. The lowest BCUT2D eigenvalue weighted by Crippen LogP contribution is -2.43. The first kappa shape index (κ1) is 13.5. The monoisotopic (exact) mass is 271 g/mol. The molecule has 1 fully saturated rings. The van der Waals surface area contributed by atoms with Gasteiger partial charge < -0.3 is 5.32 Å². The summed E-state index contributed by atoms with van der Waals surface area (Å²) >= 11 is 0. The Bertz CT molecular complexity index is 536. The van der Waals surface area contributed by atoms with E-state index in [1.54, 1.807) is 0 Å². The maximum atomic E-state index is 11.5. The van der Waals surface area contributed by atoms with Gasteiger partial charge in [0.05, 0.1) is 22.9 Å². The van der Waals surface area contributed by atoms with Gasteiger partial charge in [-0.15, -0.1) is 0 Å². The van der Waals surface area contributed by atoms with E-state index in [4.69, 9.17) is 0 Å². The molecule has 1 aromatic heterocycles. The molecule has 1 aliphatic rings. The Morgan fingerprint density at radius 2 is 2.28 bits per heavy atom. The SMILES string of the molecule is CCc1cc(CNC2(C)CCS(=O)(=O)C2)n(C)n1. The Hall–Kier alpha value is -0.880. The maximum Gasteiger partial charge on any atom is 0.152 e. The van der Waals surface area contributed by atoms with E-state index in [1.165, 1.54) is 0 Å². The van der Waals surface area contributed by atoms with Crippen LogP contribution >= 0.6 is 0 Å². The van der Waals surface area contributed by atoms with Gasteiger partial charge in [0.2, 0.25) is 0 Å². The van der Waals surface area contributed by atoms with E-state index in [0.29, 0.717) is 18.7 Å². The molecular formula is C12H21N3O2S. The number of hydrogen-bond donors (Lipinski definition) is 1. The van der Waals surface area contributed by atoms with Crippen molar-refractivity contribution in [1.29, 1.82) is 0 Å². The third kappa shape index (κ3) is 2.92. The summed E-state index contributed by atoms with van der Waals surface area (Å²) in [5.41, 5.74) is 1.87. The summed E-state index contributed by atoms with van der Waals surface area (Å²) in [7, 11) is -0.932. The van der Waals surface area contributed by atoms with Gasteiger partial charge >= 0.3 is 0 Å². The van der Waals surface area contributed by atoms with Gasteiger partial charge in [-0.05, 0) is 25.8 Å². The topological polar surface area (TPSA) is 64.0 Å². The molecule has 0 aromatic carbocycles. The van der Waals surface area contributed by atoms with Crippen molar-refractivity contribution in [1.82, 2.24) is 15.1 Å². The van der Waals surface area contributed by atoms with Crippen LogP contribution in [0.4, 0.5) is 0 Å². The first-order valence-corrected chi connectivity index (χ1v) is 8.13. The third-order valence-electron chi connectivity index (χ3n) is 3.59. The molecule has 18 heavy (non-hydrogen) atoms. The molecule has 6 heteroatoms. The first-order valence-electron chi connectivity index (χ1n) is 6.31. The highest BCUT2D eigenvalue weighted by Gasteiger charge is 2.37. The number of aromatic nitrogens is 2. The summed E-state index contributed by atoms with van der Waals surface area (Å²) in [6.07, 6.45) is 1.60. The summed E-state index contributed by atoms with van der Waals surface area (Å²) in [4.78, 5) is 0. The number of hydrogen-bond acceptors (Lipinski definition) is 4. The average Bonchev–Trinajstić information content (AvgIpc) is 2.77. The van der Waals surface area contributed by atoms with Crippen LogP contribution in [0, 0.1) is 0 Å². The number of rotatable bonds is 4. The van der Waals surface area contributed by atoms with Gasteiger partial charge in [0.15, 0.2) is 9.84 Å². The molecule has 1 aliphatic heterocycles. The molecule has 1 aromatic rings. The highest BCUT2D eigenvalue weighted by atomic mass is 32.2. The zero-order valence-corrected chi connectivity index (χ0v) is 12.0. The minimum Gasteiger partial charge on any atom is -0.305 e. The van der Waals surface area contributed by atoms with E-state index in [0.717, 1.165) is 17.8 Å². The van der Waals surface area contributed by atoms with E-state index >= 15 is 0 Å². The van der Waals surface area contributed by atoms with Crippen LogP contribution < -0.4 is 5.32 Å². The van der Waals surface area contributed by atoms with Gasteiger partial charge in [-0.3, -0.25) is 4.68 Å². The van der Waals surface area contributed by atoms with E-state index in [-0.39, 0.29) is 11.3 Å². The van der Waals surface area contributed by atoms with Crippen molar-refractivity contribution in [2.75, 3.05) is 11.5 Å². The second kappa shape index (κ2) is 4.66. The second-order valence-electron chi connectivity index (χ2n) is 5.36. The molecule has 0 saturated carbocycles.